The van der Waals surface area contributed by atoms with Crippen molar-refractivity contribution in [2.24, 2.45) is 0 Å². The first-order chi connectivity index (χ1) is 9.04. The average molecular weight is 288 g/mol. The van der Waals surface area contributed by atoms with E-state index in [1.54, 1.807) is 13.8 Å². The van der Waals surface area contributed by atoms with E-state index < -0.39 is 10.7 Å². The van der Waals surface area contributed by atoms with Crippen molar-refractivity contribution >= 4 is 23.1 Å². The van der Waals surface area contributed by atoms with Crippen molar-refractivity contribution in [3.8, 4) is 11.5 Å². The summed E-state index contributed by atoms with van der Waals surface area (Å²) in [6.45, 7) is 3.99. The van der Waals surface area contributed by atoms with Gasteiger partial charge in [0.25, 0.3) is 0 Å². The molecule has 19 heavy (non-hydrogen) atoms. The molecular formula is C12H14ClNO5. The topological polar surface area (TPSA) is 78.7 Å². The van der Waals surface area contributed by atoms with Crippen LogP contribution in [-0.4, -0.2) is 29.8 Å². The van der Waals surface area contributed by atoms with Crippen LogP contribution in [0.25, 0.3) is 0 Å². The van der Waals surface area contributed by atoms with Gasteiger partial charge in [0.1, 0.15) is 0 Å². The molecule has 0 unspecified atom stereocenters. The number of nitrogens with zero attached hydrogens (tertiary/aromatic N) is 1. The predicted octanol–water partition coefficient (Wildman–Crippen LogP) is 2.81. The molecule has 0 aliphatic heterocycles. The van der Waals surface area contributed by atoms with Crippen molar-refractivity contribution in [3.05, 3.63) is 27.8 Å². The molecule has 0 bridgehead atoms. The van der Waals surface area contributed by atoms with Crippen LogP contribution in [0.1, 0.15) is 24.2 Å². The number of Topliss-reactive ketones (excluding diaryl/α,β-unsaturated/α-hetero) is 1. The number of rotatable bonds is 7. The summed E-state index contributed by atoms with van der Waals surface area (Å²) in [6, 6.07) is 2.56. The fraction of sp³-hybridized carbons (Fsp3) is 0.417. The number of hydrogen-bond donors (Lipinski definition) is 0. The van der Waals surface area contributed by atoms with Gasteiger partial charge >= 0.3 is 5.69 Å². The third kappa shape index (κ3) is 3.57. The highest BCUT2D eigenvalue weighted by molar-refractivity contribution is 6.30. The van der Waals surface area contributed by atoms with E-state index in [0.29, 0.717) is 6.61 Å². The number of nitro groups is 1. The minimum Gasteiger partial charge on any atom is -0.490 e. The second-order valence-corrected chi connectivity index (χ2v) is 3.77. The van der Waals surface area contributed by atoms with E-state index >= 15 is 0 Å². The zero-order chi connectivity index (χ0) is 14.4. The largest absolute Gasteiger partial charge is 0.490 e. The van der Waals surface area contributed by atoms with Gasteiger partial charge < -0.3 is 9.47 Å². The summed E-state index contributed by atoms with van der Waals surface area (Å²) >= 11 is 5.46. The number of nitro benzene ring substituents is 1. The van der Waals surface area contributed by atoms with Crippen LogP contribution >= 0.6 is 11.6 Å². The Morgan fingerprint density at radius 1 is 1.32 bits per heavy atom. The fourth-order valence-electron chi connectivity index (χ4n) is 1.51. The van der Waals surface area contributed by atoms with Gasteiger partial charge in [0.15, 0.2) is 11.5 Å². The Morgan fingerprint density at radius 3 is 2.42 bits per heavy atom. The van der Waals surface area contributed by atoms with Crippen LogP contribution in [0.5, 0.6) is 11.5 Å². The Bertz CT molecular complexity index is 489. The Hall–Kier alpha value is -1.82. The van der Waals surface area contributed by atoms with E-state index in [0.717, 1.165) is 6.07 Å². The Morgan fingerprint density at radius 2 is 1.95 bits per heavy atom. The molecule has 0 fully saturated rings. The monoisotopic (exact) mass is 287 g/mol. The molecule has 0 atom stereocenters. The number of carbonyl (C=O) groups excluding carboxylic acids is 1. The lowest BCUT2D eigenvalue weighted by atomic mass is 10.1. The minimum atomic E-state index is -0.613. The summed E-state index contributed by atoms with van der Waals surface area (Å²) in [6.07, 6.45) is 0. The van der Waals surface area contributed by atoms with E-state index in [1.807, 2.05) is 0 Å². The Labute approximate surface area is 115 Å². The number of ether oxygens (including phenoxy) is 2. The lowest BCUT2D eigenvalue weighted by molar-refractivity contribution is -0.386. The van der Waals surface area contributed by atoms with Crippen molar-refractivity contribution in [2.45, 2.75) is 13.8 Å². The van der Waals surface area contributed by atoms with E-state index in [9.17, 15) is 14.9 Å². The molecule has 0 saturated carbocycles. The molecule has 0 amide bonds. The van der Waals surface area contributed by atoms with Gasteiger partial charge in [-0.15, -0.1) is 11.6 Å². The summed E-state index contributed by atoms with van der Waals surface area (Å²) in [5, 5.41) is 11.0. The number of ketones is 1. The first kappa shape index (κ1) is 15.2. The minimum absolute atomic E-state index is 0.0282. The highest BCUT2D eigenvalue weighted by atomic mass is 35.5. The van der Waals surface area contributed by atoms with Crippen LogP contribution in [-0.2, 0) is 0 Å². The summed E-state index contributed by atoms with van der Waals surface area (Å²) in [7, 11) is 0. The second kappa shape index (κ2) is 6.94. The van der Waals surface area contributed by atoms with Crippen LogP contribution in [0, 0.1) is 10.1 Å². The zero-order valence-corrected chi connectivity index (χ0v) is 11.4. The van der Waals surface area contributed by atoms with Crippen molar-refractivity contribution < 1.29 is 19.2 Å². The summed E-state index contributed by atoms with van der Waals surface area (Å²) < 4.78 is 10.5. The number of hydrogen-bond acceptors (Lipinski definition) is 5. The maximum Gasteiger partial charge on any atom is 0.315 e. The number of halogens is 1. The molecule has 6 nitrogen and oxygen atoms in total. The molecule has 1 aromatic carbocycles. The summed E-state index contributed by atoms with van der Waals surface area (Å²) in [5.74, 6) is -0.460. The molecule has 0 saturated heterocycles. The first-order valence-electron chi connectivity index (χ1n) is 5.72. The number of alkyl halides is 1. The van der Waals surface area contributed by atoms with Gasteiger partial charge in [0.05, 0.1) is 24.0 Å². The first-order valence-corrected chi connectivity index (χ1v) is 6.25. The lowest BCUT2D eigenvalue weighted by Gasteiger charge is -2.12. The molecule has 104 valence electrons. The molecule has 0 spiro atoms. The second-order valence-electron chi connectivity index (χ2n) is 3.50. The highest BCUT2D eigenvalue weighted by Crippen LogP contribution is 2.38. The van der Waals surface area contributed by atoms with Crippen molar-refractivity contribution in [1.82, 2.24) is 0 Å². The maximum absolute atomic E-state index is 11.6. The van der Waals surface area contributed by atoms with Crippen LogP contribution in [0.3, 0.4) is 0 Å². The molecule has 0 radical (unpaired) electrons. The van der Waals surface area contributed by atoms with E-state index in [2.05, 4.69) is 0 Å². The van der Waals surface area contributed by atoms with E-state index in [1.165, 1.54) is 6.07 Å². The third-order valence-electron chi connectivity index (χ3n) is 2.26. The molecule has 0 heterocycles. The Kier molecular flexibility index (Phi) is 5.57. The van der Waals surface area contributed by atoms with Crippen LogP contribution in [0.2, 0.25) is 0 Å². The van der Waals surface area contributed by atoms with Gasteiger partial charge in [-0.05, 0) is 19.9 Å². The number of carbonyl (C=O) groups is 1. The molecule has 1 rings (SSSR count). The van der Waals surface area contributed by atoms with Gasteiger partial charge in [0.2, 0.25) is 5.75 Å². The van der Waals surface area contributed by atoms with E-state index in [4.69, 9.17) is 21.1 Å². The smallest absolute Gasteiger partial charge is 0.315 e. The predicted molar refractivity (Wildman–Crippen MR) is 70.5 cm³/mol. The SMILES string of the molecule is CCOc1cc(C(=O)CCl)cc([N+](=O)[O-])c1OCC. The molecule has 0 aliphatic rings. The quantitative estimate of drug-likeness (QED) is 0.333. The van der Waals surface area contributed by atoms with Gasteiger partial charge in [-0.1, -0.05) is 0 Å². The normalized spacial score (nSPS) is 10.1. The van der Waals surface area contributed by atoms with E-state index in [-0.39, 0.29) is 35.2 Å². The molecule has 1 aromatic rings. The molecule has 0 aliphatic carbocycles. The number of benzene rings is 1. The van der Waals surface area contributed by atoms with Crippen LogP contribution < -0.4 is 9.47 Å². The summed E-state index contributed by atoms with van der Waals surface area (Å²) in [4.78, 5) is 22.0. The maximum atomic E-state index is 11.6. The Balaban J connectivity index is 3.42. The third-order valence-corrected chi connectivity index (χ3v) is 2.51. The van der Waals surface area contributed by atoms with Crippen molar-refractivity contribution in [1.29, 1.82) is 0 Å². The fourth-order valence-corrected chi connectivity index (χ4v) is 1.67. The van der Waals surface area contributed by atoms with Crippen molar-refractivity contribution in [2.75, 3.05) is 19.1 Å². The van der Waals surface area contributed by atoms with Gasteiger partial charge in [-0.2, -0.15) is 0 Å². The molecule has 0 N–H and O–H groups in total. The van der Waals surface area contributed by atoms with Crippen LogP contribution in [0.4, 0.5) is 5.69 Å². The highest BCUT2D eigenvalue weighted by Gasteiger charge is 2.24. The van der Waals surface area contributed by atoms with Crippen LogP contribution in [0.15, 0.2) is 12.1 Å². The molecule has 7 heteroatoms. The van der Waals surface area contributed by atoms with Gasteiger partial charge in [-0.3, -0.25) is 14.9 Å². The van der Waals surface area contributed by atoms with Crippen molar-refractivity contribution in [3.63, 3.8) is 0 Å². The standard InChI is InChI=1S/C12H14ClNO5/c1-3-18-11-6-8(10(15)7-13)5-9(14(16)17)12(11)19-4-2/h5-6H,3-4,7H2,1-2H3. The summed E-state index contributed by atoms with van der Waals surface area (Å²) in [5.41, 5.74) is -0.171. The average Bonchev–Trinajstić information content (AvgIpc) is 2.39. The molecular weight excluding hydrogens is 274 g/mol. The lowest BCUT2D eigenvalue weighted by Crippen LogP contribution is -2.06. The van der Waals surface area contributed by atoms with Gasteiger partial charge in [0, 0.05) is 11.6 Å². The zero-order valence-electron chi connectivity index (χ0n) is 10.6. The van der Waals surface area contributed by atoms with Gasteiger partial charge in [-0.25, -0.2) is 0 Å². The molecule has 0 aromatic heterocycles.